The quantitative estimate of drug-likeness (QED) is 0.704. The zero-order chi connectivity index (χ0) is 19.5. The molecule has 2 N–H and O–H groups in total. The number of fused-ring (bicyclic) bond motifs is 1. The number of aromatic nitrogens is 2. The third-order valence-corrected chi connectivity index (χ3v) is 4.07. The summed E-state index contributed by atoms with van der Waals surface area (Å²) < 4.78 is 16.2. The molecule has 1 aliphatic heterocycles. The number of amides is 2. The minimum atomic E-state index is -0.412. The first-order chi connectivity index (χ1) is 13.6. The van der Waals surface area contributed by atoms with Crippen molar-refractivity contribution < 1.29 is 19.0 Å². The van der Waals surface area contributed by atoms with Crippen LogP contribution in [0.2, 0.25) is 0 Å². The predicted molar refractivity (Wildman–Crippen MR) is 103 cm³/mol. The summed E-state index contributed by atoms with van der Waals surface area (Å²) in [6.07, 6.45) is 0. The molecule has 1 aliphatic rings. The maximum Gasteiger partial charge on any atom is 0.323 e. The summed E-state index contributed by atoms with van der Waals surface area (Å²) in [5, 5.41) is 5.54. The molecule has 0 unspecified atom stereocenters. The van der Waals surface area contributed by atoms with E-state index in [1.807, 2.05) is 30.3 Å². The molecule has 0 fully saturated rings. The third-order valence-electron chi connectivity index (χ3n) is 4.07. The first-order valence-electron chi connectivity index (χ1n) is 8.64. The summed E-state index contributed by atoms with van der Waals surface area (Å²) in [6, 6.07) is 14.3. The lowest BCUT2D eigenvalue weighted by Gasteiger charge is -2.13. The Hall–Kier alpha value is -3.81. The molecule has 0 spiro atoms. The smallest absolute Gasteiger partial charge is 0.323 e. The Bertz CT molecular complexity index is 1000. The fourth-order valence-corrected chi connectivity index (χ4v) is 2.76. The first-order valence-corrected chi connectivity index (χ1v) is 8.64. The number of hydrogen-bond acceptors (Lipinski definition) is 6. The third kappa shape index (κ3) is 3.80. The molecule has 4 rings (SSSR count). The minimum Gasteiger partial charge on any atom is -0.454 e. The average molecular weight is 378 g/mol. The maximum absolute atomic E-state index is 12.4. The number of para-hydroxylation sites is 1. The van der Waals surface area contributed by atoms with Gasteiger partial charge in [-0.3, -0.25) is 0 Å². The van der Waals surface area contributed by atoms with E-state index >= 15 is 0 Å². The van der Waals surface area contributed by atoms with E-state index in [0.29, 0.717) is 40.0 Å². The molecule has 2 aromatic carbocycles. The van der Waals surface area contributed by atoms with E-state index in [4.69, 9.17) is 14.2 Å². The first kappa shape index (κ1) is 17.6. The molecule has 0 radical (unpaired) electrons. The summed E-state index contributed by atoms with van der Waals surface area (Å²) >= 11 is 0. The van der Waals surface area contributed by atoms with Gasteiger partial charge in [-0.25, -0.2) is 4.79 Å². The molecule has 0 aliphatic carbocycles. The molecular formula is C20H18N4O4. The van der Waals surface area contributed by atoms with Crippen molar-refractivity contribution in [1.82, 2.24) is 9.97 Å². The van der Waals surface area contributed by atoms with E-state index < -0.39 is 6.03 Å². The van der Waals surface area contributed by atoms with Gasteiger partial charge in [-0.15, -0.1) is 0 Å². The fraction of sp³-hybridized carbons (Fsp3) is 0.150. The van der Waals surface area contributed by atoms with Crippen LogP contribution in [-0.4, -0.2) is 22.8 Å². The lowest BCUT2D eigenvalue weighted by Crippen LogP contribution is -2.21. The van der Waals surface area contributed by atoms with Crippen LogP contribution in [0.5, 0.6) is 23.3 Å². The summed E-state index contributed by atoms with van der Waals surface area (Å²) in [5.74, 6) is 1.89. The zero-order valence-corrected chi connectivity index (χ0v) is 15.4. The number of rotatable bonds is 4. The summed E-state index contributed by atoms with van der Waals surface area (Å²) in [7, 11) is 0. The van der Waals surface area contributed by atoms with Crippen LogP contribution in [-0.2, 0) is 0 Å². The van der Waals surface area contributed by atoms with Crippen molar-refractivity contribution in [1.29, 1.82) is 0 Å². The Morgan fingerprint density at radius 3 is 2.43 bits per heavy atom. The maximum atomic E-state index is 12.4. The van der Waals surface area contributed by atoms with Crippen molar-refractivity contribution in [2.75, 3.05) is 17.4 Å². The topological polar surface area (TPSA) is 94.6 Å². The van der Waals surface area contributed by atoms with E-state index in [1.165, 1.54) is 0 Å². The number of carbonyl (C=O) groups excluding carboxylic acids is 1. The van der Waals surface area contributed by atoms with Crippen LogP contribution in [0.4, 0.5) is 16.2 Å². The zero-order valence-electron chi connectivity index (χ0n) is 15.4. The largest absolute Gasteiger partial charge is 0.454 e. The van der Waals surface area contributed by atoms with Crippen LogP contribution in [0, 0.1) is 13.8 Å². The number of carbonyl (C=O) groups is 1. The number of hydrogen-bond donors (Lipinski definition) is 2. The van der Waals surface area contributed by atoms with Crippen LogP contribution in [0.3, 0.4) is 0 Å². The van der Waals surface area contributed by atoms with E-state index in [0.717, 1.165) is 0 Å². The van der Waals surface area contributed by atoms with Gasteiger partial charge in [-0.2, -0.15) is 9.97 Å². The van der Waals surface area contributed by atoms with E-state index in [2.05, 4.69) is 20.6 Å². The van der Waals surface area contributed by atoms with Gasteiger partial charge in [-0.05, 0) is 38.1 Å². The second-order valence-corrected chi connectivity index (χ2v) is 6.11. The van der Waals surface area contributed by atoms with Gasteiger partial charge in [0.25, 0.3) is 0 Å². The molecule has 0 bridgehead atoms. The Labute approximate surface area is 161 Å². The molecule has 2 heterocycles. The van der Waals surface area contributed by atoms with Gasteiger partial charge >= 0.3 is 12.0 Å². The number of urea groups is 1. The lowest BCUT2D eigenvalue weighted by atomic mass is 10.2. The minimum absolute atomic E-state index is 0.179. The van der Waals surface area contributed by atoms with E-state index in [-0.39, 0.29) is 12.8 Å². The highest BCUT2D eigenvalue weighted by Crippen LogP contribution is 2.34. The number of anilines is 2. The molecule has 0 atom stereocenters. The van der Waals surface area contributed by atoms with Gasteiger partial charge in [0.15, 0.2) is 11.5 Å². The summed E-state index contributed by atoms with van der Waals surface area (Å²) in [5.41, 5.74) is 2.30. The van der Waals surface area contributed by atoms with Gasteiger partial charge in [0.2, 0.25) is 6.79 Å². The molecule has 142 valence electrons. The van der Waals surface area contributed by atoms with Crippen molar-refractivity contribution in [3.8, 4) is 23.3 Å². The van der Waals surface area contributed by atoms with E-state index in [9.17, 15) is 4.79 Å². The molecule has 0 saturated heterocycles. The summed E-state index contributed by atoms with van der Waals surface area (Å²) in [6.45, 7) is 3.74. The van der Waals surface area contributed by atoms with Gasteiger partial charge in [0, 0.05) is 11.8 Å². The van der Waals surface area contributed by atoms with Crippen LogP contribution in [0.1, 0.15) is 11.4 Å². The second kappa shape index (κ2) is 7.43. The highest BCUT2D eigenvalue weighted by molar-refractivity contribution is 6.00. The fourth-order valence-electron chi connectivity index (χ4n) is 2.76. The van der Waals surface area contributed by atoms with Crippen molar-refractivity contribution in [3.63, 3.8) is 0 Å². The lowest BCUT2D eigenvalue weighted by molar-refractivity contribution is 0.174. The van der Waals surface area contributed by atoms with Gasteiger partial charge in [0.1, 0.15) is 5.75 Å². The molecule has 8 nitrogen and oxygen atoms in total. The van der Waals surface area contributed by atoms with Crippen molar-refractivity contribution >= 4 is 17.4 Å². The second-order valence-electron chi connectivity index (χ2n) is 6.11. The SMILES string of the molecule is Cc1nc(Oc2ccccc2)nc(C)c1NC(=O)Nc1ccc2c(c1)OCO2. The Kier molecular flexibility index (Phi) is 4.67. The highest BCUT2D eigenvalue weighted by atomic mass is 16.7. The number of nitrogens with one attached hydrogen (secondary N) is 2. The Morgan fingerprint density at radius 2 is 1.68 bits per heavy atom. The van der Waals surface area contributed by atoms with Crippen LogP contribution < -0.4 is 24.8 Å². The molecular weight excluding hydrogens is 360 g/mol. The van der Waals surface area contributed by atoms with Crippen LogP contribution in [0.25, 0.3) is 0 Å². The normalized spacial score (nSPS) is 11.8. The number of benzene rings is 2. The number of ether oxygens (including phenoxy) is 3. The molecule has 28 heavy (non-hydrogen) atoms. The van der Waals surface area contributed by atoms with Crippen molar-refractivity contribution in [2.45, 2.75) is 13.8 Å². The van der Waals surface area contributed by atoms with Crippen molar-refractivity contribution in [3.05, 3.63) is 59.9 Å². The molecule has 1 aromatic heterocycles. The monoisotopic (exact) mass is 378 g/mol. The van der Waals surface area contributed by atoms with Crippen molar-refractivity contribution in [2.24, 2.45) is 0 Å². The van der Waals surface area contributed by atoms with Gasteiger partial charge in [0.05, 0.1) is 17.1 Å². The molecule has 8 heteroatoms. The number of nitrogens with zero attached hydrogens (tertiary/aromatic N) is 2. The van der Waals surface area contributed by atoms with Crippen LogP contribution >= 0.6 is 0 Å². The Morgan fingerprint density at radius 1 is 0.964 bits per heavy atom. The predicted octanol–water partition coefficient (Wildman–Crippen LogP) is 4.26. The molecule has 2 amide bonds. The van der Waals surface area contributed by atoms with Gasteiger partial charge < -0.3 is 24.8 Å². The Balaban J connectivity index is 1.46. The average Bonchev–Trinajstić information content (AvgIpc) is 3.13. The van der Waals surface area contributed by atoms with Crippen LogP contribution in [0.15, 0.2) is 48.5 Å². The standard InChI is InChI=1S/C20H18N4O4/c1-12-18(13(2)22-20(21-12)28-15-6-4-3-5-7-15)24-19(25)23-14-8-9-16-17(10-14)27-11-26-16/h3-10H,11H2,1-2H3,(H2,23,24,25). The highest BCUT2D eigenvalue weighted by Gasteiger charge is 2.16. The molecule has 3 aromatic rings. The van der Waals surface area contributed by atoms with Gasteiger partial charge in [-0.1, -0.05) is 18.2 Å². The number of aryl methyl sites for hydroxylation is 2. The molecule has 0 saturated carbocycles. The van der Waals surface area contributed by atoms with E-state index in [1.54, 1.807) is 32.0 Å². The summed E-state index contributed by atoms with van der Waals surface area (Å²) in [4.78, 5) is 21.0.